The van der Waals surface area contributed by atoms with Crippen LogP contribution in [-0.2, 0) is 41.7 Å². The monoisotopic (exact) mass is 839 g/mol. The maximum atomic E-state index is 13.6. The van der Waals surface area contributed by atoms with Crippen molar-refractivity contribution in [2.45, 2.75) is 148 Å². The van der Waals surface area contributed by atoms with Crippen LogP contribution in [0.25, 0.3) is 0 Å². The van der Waals surface area contributed by atoms with Gasteiger partial charge in [-0.1, -0.05) is 37.3 Å². The molecule has 2 atom stereocenters. The van der Waals surface area contributed by atoms with Crippen LogP contribution in [0.1, 0.15) is 114 Å². The highest BCUT2D eigenvalue weighted by atomic mass is 32.2. The zero-order valence-corrected chi connectivity index (χ0v) is 37.0. The van der Waals surface area contributed by atoms with Gasteiger partial charge >= 0.3 is 12.1 Å². The Bertz CT molecular complexity index is 1800. The van der Waals surface area contributed by atoms with Gasteiger partial charge in [-0.3, -0.25) is 28.9 Å². The van der Waals surface area contributed by atoms with Crippen LogP contribution in [0.5, 0.6) is 5.75 Å². The lowest BCUT2D eigenvalue weighted by Gasteiger charge is -2.35. The van der Waals surface area contributed by atoms with Crippen LogP contribution < -0.4 is 36.5 Å². The van der Waals surface area contributed by atoms with Gasteiger partial charge in [-0.15, -0.1) is 0 Å². The number of nitrogens with zero attached hydrogens (tertiary/aromatic N) is 1. The number of benzene rings is 2. The number of hydrogen-bond acceptors (Lipinski definition) is 10. The van der Waals surface area contributed by atoms with E-state index in [1.807, 2.05) is 30.3 Å². The average Bonchev–Trinajstić information content (AvgIpc) is 3.17. The second kappa shape index (κ2) is 23.0. The van der Waals surface area contributed by atoms with Crippen molar-refractivity contribution in [3.05, 3.63) is 58.1 Å². The molecule has 15 nitrogen and oxygen atoms in total. The van der Waals surface area contributed by atoms with Crippen molar-refractivity contribution in [1.82, 2.24) is 26.0 Å². The van der Waals surface area contributed by atoms with Gasteiger partial charge in [0.15, 0.2) is 5.96 Å². The topological polar surface area (TPSA) is 212 Å². The Labute approximate surface area is 353 Å². The van der Waals surface area contributed by atoms with Crippen LogP contribution in [0.3, 0.4) is 0 Å². The van der Waals surface area contributed by atoms with Crippen LogP contribution in [0.2, 0.25) is 0 Å². The van der Waals surface area contributed by atoms with Crippen molar-refractivity contribution < 1.29 is 38.2 Å². The van der Waals surface area contributed by atoms with Gasteiger partial charge in [-0.2, -0.15) is 0 Å². The van der Waals surface area contributed by atoms with Crippen molar-refractivity contribution in [2.24, 2.45) is 10.7 Å². The molecule has 0 saturated carbocycles. The van der Waals surface area contributed by atoms with Gasteiger partial charge in [0.1, 0.15) is 42.2 Å². The number of hydrogen-bond donors (Lipinski definition) is 6. The predicted octanol–water partition coefficient (Wildman–Crippen LogP) is 5.34. The summed E-state index contributed by atoms with van der Waals surface area (Å²) in [6, 6.07) is 7.15. The van der Waals surface area contributed by atoms with Crippen LogP contribution in [0.4, 0.5) is 4.79 Å². The van der Waals surface area contributed by atoms with Gasteiger partial charge in [0.25, 0.3) is 0 Å². The van der Waals surface area contributed by atoms with E-state index < -0.39 is 48.1 Å². The molecule has 59 heavy (non-hydrogen) atoms. The second-order valence-corrected chi connectivity index (χ2v) is 17.1. The molecule has 16 heteroatoms. The average molecular weight is 840 g/mol. The highest BCUT2D eigenvalue weighted by Gasteiger charge is 2.31. The molecule has 0 fully saturated rings. The maximum Gasteiger partial charge on any atom is 0.407 e. The summed E-state index contributed by atoms with van der Waals surface area (Å²) in [7, 11) is 0. The summed E-state index contributed by atoms with van der Waals surface area (Å²) >= 11 is 1.39. The van der Waals surface area contributed by atoms with Gasteiger partial charge in [-0.05, 0) is 140 Å². The number of ether oxygens (including phenoxy) is 3. The summed E-state index contributed by atoms with van der Waals surface area (Å²) in [5.41, 5.74) is 10.8. The third kappa shape index (κ3) is 16.7. The number of unbranched alkanes of at least 4 members (excludes halogenated alkanes) is 1. The molecule has 2 aromatic carbocycles. The summed E-state index contributed by atoms with van der Waals surface area (Å²) < 4.78 is 20.1. The molecule has 326 valence electrons. The molecular formula is C43H65N7O8S. The van der Waals surface area contributed by atoms with Gasteiger partial charge < -0.3 is 41.2 Å². The Morgan fingerprint density at radius 1 is 0.915 bits per heavy atom. The molecule has 0 aromatic heterocycles. The number of carbonyl (C=O) groups is 5. The fourth-order valence-electron chi connectivity index (χ4n) is 6.29. The van der Waals surface area contributed by atoms with E-state index in [9.17, 15) is 24.0 Å². The Morgan fingerprint density at radius 3 is 2.27 bits per heavy atom. The molecule has 1 aliphatic rings. The van der Waals surface area contributed by atoms with Crippen molar-refractivity contribution in [2.75, 3.05) is 19.6 Å². The number of nitrogens with two attached hydrogens (primary N) is 1. The fourth-order valence-corrected chi connectivity index (χ4v) is 7.14. The minimum atomic E-state index is -1.06. The molecule has 3 rings (SSSR count). The Morgan fingerprint density at radius 2 is 1.59 bits per heavy atom. The number of nitrogens with one attached hydrogen (secondary N) is 5. The standard InChI is InChI=1S/C43H65N7O8S/c1-10-34(51)48-33(19-14-15-23-46-41(55)58-42(5,6)7)39(54)49-32(38(53)47-25-35(52)56-26-30-17-12-11-13-18-30)20-16-24-45-40(44)50-59-37-28(3)27(2)36-31(29(37)4)21-22-43(8,9)57-36/h11-13,17-18,32-33H,10,14-16,19-26H2,1-9H3,(H,46,55)(H,47,53)(H,48,51)(H,49,54)(H3,44,45,50)/t32-,33?/m1/s1. The molecule has 0 radical (unpaired) electrons. The van der Waals surface area contributed by atoms with Crippen LogP contribution >= 0.6 is 11.9 Å². The van der Waals surface area contributed by atoms with Crippen molar-refractivity contribution in [3.63, 3.8) is 0 Å². The Hall–Kier alpha value is -4.99. The van der Waals surface area contributed by atoms with E-state index in [1.54, 1.807) is 27.7 Å². The lowest BCUT2D eigenvalue weighted by molar-refractivity contribution is -0.145. The predicted molar refractivity (Wildman–Crippen MR) is 230 cm³/mol. The summed E-state index contributed by atoms with van der Waals surface area (Å²) in [6.45, 7) is 17.6. The lowest BCUT2D eigenvalue weighted by Crippen LogP contribution is -2.54. The van der Waals surface area contributed by atoms with E-state index in [4.69, 9.17) is 19.9 Å². The molecule has 0 aliphatic carbocycles. The van der Waals surface area contributed by atoms with E-state index in [0.717, 1.165) is 45.7 Å². The number of carbonyl (C=O) groups excluding carboxylic acids is 5. The zero-order chi connectivity index (χ0) is 43.8. The van der Waals surface area contributed by atoms with Gasteiger partial charge in [0, 0.05) is 24.4 Å². The fraction of sp³-hybridized carbons (Fsp3) is 0.581. The first-order valence-corrected chi connectivity index (χ1v) is 21.2. The number of aliphatic imine (C=N–C) groups is 1. The van der Waals surface area contributed by atoms with Gasteiger partial charge in [0.05, 0.1) is 0 Å². The lowest BCUT2D eigenvalue weighted by atomic mass is 9.88. The van der Waals surface area contributed by atoms with Crippen LogP contribution in [0, 0.1) is 20.8 Å². The summed E-state index contributed by atoms with van der Waals surface area (Å²) in [6.07, 6.45) is 3.23. The molecule has 1 aliphatic heterocycles. The van der Waals surface area contributed by atoms with E-state index in [2.05, 4.69) is 65.6 Å². The largest absolute Gasteiger partial charge is 0.487 e. The number of rotatable bonds is 20. The molecule has 1 heterocycles. The minimum absolute atomic E-state index is 0.0472. The Kier molecular flexibility index (Phi) is 18.8. The first kappa shape index (κ1) is 48.4. The number of amides is 4. The highest BCUT2D eigenvalue weighted by molar-refractivity contribution is 7.98. The molecule has 4 amide bonds. The van der Waals surface area contributed by atoms with Gasteiger partial charge in [-0.25, -0.2) is 4.79 Å². The van der Waals surface area contributed by atoms with E-state index in [-0.39, 0.29) is 49.9 Å². The molecule has 0 bridgehead atoms. The number of esters is 1. The molecule has 7 N–H and O–H groups in total. The smallest absolute Gasteiger partial charge is 0.407 e. The number of fused-ring (bicyclic) bond motifs is 1. The molecule has 1 unspecified atom stereocenters. The summed E-state index contributed by atoms with van der Waals surface area (Å²) in [4.78, 5) is 69.6. The summed E-state index contributed by atoms with van der Waals surface area (Å²) in [5, 5.41) is 10.8. The molecule has 0 spiro atoms. The zero-order valence-electron chi connectivity index (χ0n) is 36.2. The van der Waals surface area contributed by atoms with E-state index in [0.29, 0.717) is 25.8 Å². The third-order valence-corrected chi connectivity index (χ3v) is 10.8. The maximum absolute atomic E-state index is 13.6. The van der Waals surface area contributed by atoms with E-state index in [1.165, 1.54) is 17.5 Å². The molecule has 2 aromatic rings. The van der Waals surface area contributed by atoms with E-state index >= 15 is 0 Å². The van der Waals surface area contributed by atoms with Crippen molar-refractivity contribution in [3.8, 4) is 5.75 Å². The first-order chi connectivity index (χ1) is 27.8. The SMILES string of the molecule is CCC(=O)NC(CCCCNC(=O)OC(C)(C)C)C(=O)N[C@H](CCCN=C(N)NSc1c(C)c(C)c2c(c1C)CCC(C)(C)O2)C(=O)NCC(=O)OCc1ccccc1. The number of alkyl carbamates (subject to hydrolysis) is 1. The molecule has 0 saturated heterocycles. The quantitative estimate of drug-likeness (QED) is 0.0329. The Balaban J connectivity index is 1.64. The van der Waals surface area contributed by atoms with Crippen LogP contribution in [0.15, 0.2) is 40.2 Å². The third-order valence-electron chi connectivity index (χ3n) is 9.70. The van der Waals surface area contributed by atoms with Crippen LogP contribution in [-0.4, -0.2) is 78.7 Å². The minimum Gasteiger partial charge on any atom is -0.487 e. The second-order valence-electron chi connectivity index (χ2n) is 16.3. The van der Waals surface area contributed by atoms with Crippen molar-refractivity contribution in [1.29, 1.82) is 0 Å². The summed E-state index contributed by atoms with van der Waals surface area (Å²) in [5.74, 6) is -0.955. The number of guanidine groups is 1. The molecular weight excluding hydrogens is 775 g/mol. The first-order valence-electron chi connectivity index (χ1n) is 20.4. The highest BCUT2D eigenvalue weighted by Crippen LogP contribution is 2.43. The van der Waals surface area contributed by atoms with Crippen molar-refractivity contribution >= 4 is 47.7 Å². The van der Waals surface area contributed by atoms with Gasteiger partial charge in [0.2, 0.25) is 17.7 Å². The normalized spacial score (nSPS) is 14.4.